The van der Waals surface area contributed by atoms with Crippen LogP contribution in [0.25, 0.3) is 0 Å². The van der Waals surface area contributed by atoms with Crippen molar-refractivity contribution in [3.05, 3.63) is 48.2 Å². The molecule has 0 aliphatic carbocycles. The van der Waals surface area contributed by atoms with Gasteiger partial charge in [0.05, 0.1) is 6.54 Å². The van der Waals surface area contributed by atoms with Crippen molar-refractivity contribution in [2.24, 2.45) is 0 Å². The van der Waals surface area contributed by atoms with E-state index in [0.29, 0.717) is 0 Å². The van der Waals surface area contributed by atoms with Crippen LogP contribution in [0, 0.1) is 0 Å². The molecule has 2 aliphatic heterocycles. The molecule has 0 fully saturated rings. The number of rotatable bonds is 0. The van der Waals surface area contributed by atoms with Crippen LogP contribution in [0.15, 0.2) is 47.5 Å². The number of benzene rings is 1. The lowest BCUT2D eigenvalue weighted by atomic mass is 10.2. The zero-order chi connectivity index (χ0) is 12.9. The summed E-state index contributed by atoms with van der Waals surface area (Å²) in [5.74, 6) is 1.71. The van der Waals surface area contributed by atoms with Gasteiger partial charge in [-0.15, -0.1) is 0 Å². The van der Waals surface area contributed by atoms with Crippen molar-refractivity contribution in [2.45, 2.75) is 11.4 Å². The molecular formula is C14H15N3OS. The molecule has 0 saturated heterocycles. The van der Waals surface area contributed by atoms with Crippen molar-refractivity contribution < 1.29 is 4.74 Å². The molecule has 19 heavy (non-hydrogen) atoms. The van der Waals surface area contributed by atoms with Crippen molar-refractivity contribution in [1.29, 1.82) is 0 Å². The van der Waals surface area contributed by atoms with E-state index >= 15 is 0 Å². The van der Waals surface area contributed by atoms with E-state index in [-0.39, 0.29) is 0 Å². The first-order valence-corrected chi connectivity index (χ1v) is 7.04. The molecule has 98 valence electrons. The van der Waals surface area contributed by atoms with Gasteiger partial charge in [-0.2, -0.15) is 0 Å². The third-order valence-electron chi connectivity index (χ3n) is 2.84. The Hall–Kier alpha value is -1.72. The summed E-state index contributed by atoms with van der Waals surface area (Å²) in [6, 6.07) is 12.2. The van der Waals surface area contributed by atoms with Gasteiger partial charge in [0, 0.05) is 17.6 Å². The Kier molecular flexibility index (Phi) is 3.86. The Balaban J connectivity index is 0.000000117. The molecule has 1 aromatic carbocycles. The van der Waals surface area contributed by atoms with Gasteiger partial charge in [0.15, 0.2) is 11.6 Å². The molecule has 0 amide bonds. The molecule has 3 heterocycles. The zero-order valence-corrected chi connectivity index (χ0v) is 11.2. The molecule has 0 atom stereocenters. The third-order valence-corrected chi connectivity index (χ3v) is 3.75. The number of ether oxygens (including phenoxy) is 1. The van der Waals surface area contributed by atoms with Gasteiger partial charge in [0.25, 0.3) is 0 Å². The molecule has 0 radical (unpaired) electrons. The van der Waals surface area contributed by atoms with Gasteiger partial charge in [0.2, 0.25) is 0 Å². The Labute approximate surface area is 116 Å². The van der Waals surface area contributed by atoms with Crippen LogP contribution < -0.4 is 14.8 Å². The fourth-order valence-electron chi connectivity index (χ4n) is 1.91. The second-order valence-corrected chi connectivity index (χ2v) is 5.09. The lowest BCUT2D eigenvalue weighted by Gasteiger charge is -2.16. The highest BCUT2D eigenvalue weighted by Gasteiger charge is 2.08. The summed E-state index contributed by atoms with van der Waals surface area (Å²) in [5.41, 5.74) is 1.42. The topological polar surface area (TPSA) is 46.2 Å². The summed E-state index contributed by atoms with van der Waals surface area (Å²) in [7, 11) is 0. The first kappa shape index (κ1) is 12.3. The minimum Gasteiger partial charge on any atom is -0.488 e. The van der Waals surface area contributed by atoms with Gasteiger partial charge >= 0.3 is 0 Å². The predicted octanol–water partition coefficient (Wildman–Crippen LogP) is 2.68. The number of nitrogens with zero attached hydrogens (tertiary/aromatic N) is 1. The molecule has 2 aromatic rings. The predicted molar refractivity (Wildman–Crippen MR) is 77.4 cm³/mol. The first-order chi connectivity index (χ1) is 9.43. The second kappa shape index (κ2) is 5.95. The average Bonchev–Trinajstić information content (AvgIpc) is 2.96. The number of nitrogens with one attached hydrogen (secondary N) is 2. The van der Waals surface area contributed by atoms with Crippen LogP contribution in [0.3, 0.4) is 0 Å². The van der Waals surface area contributed by atoms with Gasteiger partial charge in [-0.1, -0.05) is 18.2 Å². The summed E-state index contributed by atoms with van der Waals surface area (Å²) in [4.78, 5) is 5.46. The second-order valence-electron chi connectivity index (χ2n) is 4.16. The highest BCUT2D eigenvalue weighted by atomic mass is 32.2. The van der Waals surface area contributed by atoms with Crippen molar-refractivity contribution in [1.82, 2.24) is 9.71 Å². The van der Waals surface area contributed by atoms with E-state index in [1.54, 1.807) is 18.1 Å². The summed E-state index contributed by atoms with van der Waals surface area (Å²) in [6.45, 7) is 2.60. The maximum atomic E-state index is 5.30. The Bertz CT molecular complexity index is 514. The van der Waals surface area contributed by atoms with Crippen molar-refractivity contribution in [2.75, 3.05) is 18.5 Å². The maximum Gasteiger partial charge on any atom is 0.168 e. The molecule has 0 saturated carbocycles. The molecule has 1 aromatic heterocycles. The van der Waals surface area contributed by atoms with Gasteiger partial charge < -0.3 is 10.1 Å². The van der Waals surface area contributed by atoms with E-state index < -0.39 is 0 Å². The number of aromatic nitrogens is 1. The molecule has 5 heteroatoms. The quantitative estimate of drug-likeness (QED) is 0.723. The zero-order valence-electron chi connectivity index (χ0n) is 10.4. The molecule has 2 aliphatic rings. The maximum absolute atomic E-state index is 5.30. The minimum absolute atomic E-state index is 0.735. The summed E-state index contributed by atoms with van der Waals surface area (Å²) < 4.78 is 8.50. The van der Waals surface area contributed by atoms with Crippen molar-refractivity contribution in [3.8, 4) is 5.75 Å². The van der Waals surface area contributed by atoms with E-state index in [1.807, 2.05) is 12.1 Å². The van der Waals surface area contributed by atoms with Crippen molar-refractivity contribution in [3.63, 3.8) is 0 Å². The monoisotopic (exact) mass is 273 g/mol. The number of hydrogen-bond acceptors (Lipinski definition) is 5. The van der Waals surface area contributed by atoms with Crippen molar-refractivity contribution >= 4 is 17.8 Å². The molecular weight excluding hydrogens is 258 g/mol. The van der Waals surface area contributed by atoms with E-state index in [2.05, 4.69) is 39.3 Å². The fourth-order valence-corrected chi connectivity index (χ4v) is 2.71. The summed E-state index contributed by atoms with van der Waals surface area (Å²) in [5, 5.41) is 3.13. The van der Waals surface area contributed by atoms with Crippen LogP contribution in [0.1, 0.15) is 5.56 Å². The number of anilines is 1. The van der Waals surface area contributed by atoms with Crippen LogP contribution in [0.2, 0.25) is 0 Å². The molecule has 0 spiro atoms. The SMILES string of the molecule is c1ccc2c(c1)CNS2.c1cnc2c(c1)OCCN2. The van der Waals surface area contributed by atoms with Gasteiger partial charge in [-0.25, -0.2) is 4.98 Å². The summed E-state index contributed by atoms with van der Waals surface area (Å²) in [6.07, 6.45) is 1.75. The Morgan fingerprint density at radius 3 is 3.00 bits per heavy atom. The van der Waals surface area contributed by atoms with Gasteiger partial charge in [-0.3, -0.25) is 4.72 Å². The smallest absolute Gasteiger partial charge is 0.168 e. The van der Waals surface area contributed by atoms with Crippen LogP contribution >= 0.6 is 11.9 Å². The van der Waals surface area contributed by atoms with Crippen LogP contribution in [0.4, 0.5) is 5.82 Å². The molecule has 2 N–H and O–H groups in total. The lowest BCUT2D eigenvalue weighted by molar-refractivity contribution is 0.321. The normalized spacial score (nSPS) is 15.2. The van der Waals surface area contributed by atoms with Gasteiger partial charge in [-0.05, 0) is 35.7 Å². The minimum atomic E-state index is 0.735. The molecule has 0 unspecified atom stereocenters. The van der Waals surface area contributed by atoms with Crippen LogP contribution in [0.5, 0.6) is 5.75 Å². The van der Waals surface area contributed by atoms with Crippen LogP contribution in [-0.2, 0) is 6.54 Å². The highest BCUT2D eigenvalue weighted by Crippen LogP contribution is 2.25. The average molecular weight is 273 g/mol. The summed E-state index contributed by atoms with van der Waals surface area (Å²) >= 11 is 1.72. The number of pyridine rings is 1. The fraction of sp³-hybridized carbons (Fsp3) is 0.214. The first-order valence-electron chi connectivity index (χ1n) is 6.23. The lowest BCUT2D eigenvalue weighted by Crippen LogP contribution is -2.18. The van der Waals surface area contributed by atoms with Gasteiger partial charge in [0.1, 0.15) is 6.61 Å². The molecule has 4 nitrogen and oxygen atoms in total. The molecule has 4 rings (SSSR count). The standard InChI is InChI=1S/C7H8N2O.C7H7NS/c1-2-6-7(8-3-1)9-4-5-10-6;1-2-4-7-6(3-1)5-8-9-7/h1-3H,4-5H2,(H,8,9);1-4,8H,5H2. The number of fused-ring (bicyclic) bond motifs is 2. The molecule has 0 bridgehead atoms. The van der Waals surface area contributed by atoms with E-state index in [9.17, 15) is 0 Å². The Morgan fingerprint density at radius 1 is 1.16 bits per heavy atom. The van der Waals surface area contributed by atoms with E-state index in [4.69, 9.17) is 4.74 Å². The van der Waals surface area contributed by atoms with Crippen LogP contribution in [-0.4, -0.2) is 18.1 Å². The largest absolute Gasteiger partial charge is 0.488 e. The highest BCUT2D eigenvalue weighted by molar-refractivity contribution is 7.97. The van der Waals surface area contributed by atoms with E-state index in [1.165, 1.54) is 10.5 Å². The van der Waals surface area contributed by atoms with E-state index in [0.717, 1.165) is 31.3 Å². The number of hydrogen-bond donors (Lipinski definition) is 2. The third kappa shape index (κ3) is 3.00. The Morgan fingerprint density at radius 2 is 2.11 bits per heavy atom.